The number of carbonyl (C=O) groups excluding carboxylic acids is 5. The highest BCUT2D eigenvalue weighted by atomic mass is 35.5. The molecule has 2 rings (SSSR count). The number of aryl methyl sites for hydroxylation is 1. The van der Waals surface area contributed by atoms with E-state index < -0.39 is 42.4 Å². The zero-order valence-electron chi connectivity index (χ0n) is 28.1. The van der Waals surface area contributed by atoms with Gasteiger partial charge in [0, 0.05) is 19.4 Å². The van der Waals surface area contributed by atoms with Gasteiger partial charge < -0.3 is 36.8 Å². The third-order valence-electron chi connectivity index (χ3n) is 7.71. The number of halogens is 1. The van der Waals surface area contributed by atoms with Gasteiger partial charge in [-0.2, -0.15) is 11.8 Å². The van der Waals surface area contributed by atoms with E-state index in [1.54, 1.807) is 19.9 Å². The van der Waals surface area contributed by atoms with E-state index in [9.17, 15) is 29.1 Å². The predicted molar refractivity (Wildman–Crippen MR) is 190 cm³/mol. The Labute approximate surface area is 293 Å². The summed E-state index contributed by atoms with van der Waals surface area (Å²) >= 11 is 1.51. The van der Waals surface area contributed by atoms with E-state index in [0.29, 0.717) is 43.5 Å². The molecule has 0 fully saturated rings. The highest BCUT2D eigenvalue weighted by molar-refractivity contribution is 7.98. The Balaban J connectivity index is 0.0000115. The van der Waals surface area contributed by atoms with E-state index in [0.717, 1.165) is 23.1 Å². The zero-order chi connectivity index (χ0) is 34.8. The fourth-order valence-electron chi connectivity index (χ4n) is 4.81. The molecule has 0 aliphatic carbocycles. The topological polar surface area (TPSA) is 189 Å². The van der Waals surface area contributed by atoms with Gasteiger partial charge in [-0.3, -0.25) is 24.0 Å². The number of benzene rings is 2. The van der Waals surface area contributed by atoms with E-state index in [4.69, 9.17) is 5.73 Å². The minimum absolute atomic E-state index is 0. The van der Waals surface area contributed by atoms with Crippen LogP contribution < -0.4 is 27.0 Å². The normalized spacial score (nSPS) is 12.4. The number of hydrogen-bond donors (Lipinski definition) is 6. The van der Waals surface area contributed by atoms with Crippen LogP contribution in [0.25, 0.3) is 0 Å². The average Bonchev–Trinajstić information content (AvgIpc) is 3.06. The summed E-state index contributed by atoms with van der Waals surface area (Å²) in [7, 11) is 1.34. The summed E-state index contributed by atoms with van der Waals surface area (Å²) in [5, 5.41) is 21.1. The lowest BCUT2D eigenvalue weighted by Crippen LogP contribution is -2.54. The standard InChI is InChI=1S/C34H49N5O7S.ClH/c1-22-14-15-25(23(2)31(22)42)20-26(35)32(43)39-27(16-18-47-4)33(44)37-21-29(40)38-28(19-24-11-7-5-8-12-24)34(45)36-17-10-6-9-13-30(41)46-3;/h5,7-8,11-12,14-15,26-28,42H,6,9-10,13,16-21,35H2,1-4H3,(H,36,45)(H,37,44)(H,38,40)(H,39,43);1H/t26-,27+,28-;/m0./s1. The Kier molecular flexibility index (Phi) is 20.0. The minimum atomic E-state index is -0.964. The average molecular weight is 708 g/mol. The molecule has 0 bridgehead atoms. The smallest absolute Gasteiger partial charge is 0.305 e. The van der Waals surface area contributed by atoms with Crippen LogP contribution in [-0.2, 0) is 41.6 Å². The van der Waals surface area contributed by atoms with E-state index in [-0.39, 0.29) is 42.9 Å². The van der Waals surface area contributed by atoms with Gasteiger partial charge in [-0.05, 0) is 73.8 Å². The van der Waals surface area contributed by atoms with Crippen LogP contribution in [0.15, 0.2) is 42.5 Å². The van der Waals surface area contributed by atoms with Crippen molar-refractivity contribution in [1.29, 1.82) is 0 Å². The summed E-state index contributed by atoms with van der Waals surface area (Å²) in [6, 6.07) is 10.0. The molecular formula is C34H50ClN5O7S. The number of ether oxygens (including phenoxy) is 1. The number of amides is 4. The summed E-state index contributed by atoms with van der Waals surface area (Å²) in [5.74, 6) is -1.54. The molecule has 2 aromatic carbocycles. The van der Waals surface area contributed by atoms with Gasteiger partial charge >= 0.3 is 5.97 Å². The molecular weight excluding hydrogens is 658 g/mol. The number of unbranched alkanes of at least 4 members (excludes halogenated alkanes) is 2. The molecule has 0 radical (unpaired) electrons. The Morgan fingerprint density at radius 2 is 1.56 bits per heavy atom. The van der Waals surface area contributed by atoms with Crippen molar-refractivity contribution in [2.75, 3.05) is 32.2 Å². The first-order valence-corrected chi connectivity index (χ1v) is 17.1. The maximum atomic E-state index is 13.1. The maximum Gasteiger partial charge on any atom is 0.305 e. The number of phenols is 1. The van der Waals surface area contributed by atoms with Crippen molar-refractivity contribution in [3.63, 3.8) is 0 Å². The number of methoxy groups -OCH3 is 1. The van der Waals surface area contributed by atoms with Crippen molar-refractivity contribution >= 4 is 53.8 Å². The molecule has 0 unspecified atom stereocenters. The number of nitrogens with one attached hydrogen (secondary N) is 4. The highest BCUT2D eigenvalue weighted by Crippen LogP contribution is 2.25. The predicted octanol–water partition coefficient (Wildman–Crippen LogP) is 2.23. The molecule has 0 aliphatic heterocycles. The van der Waals surface area contributed by atoms with Crippen molar-refractivity contribution in [3.05, 3.63) is 64.7 Å². The van der Waals surface area contributed by atoms with Gasteiger partial charge in [0.05, 0.1) is 19.7 Å². The molecule has 2 aromatic rings. The molecule has 14 heteroatoms. The van der Waals surface area contributed by atoms with Crippen LogP contribution in [0.4, 0.5) is 0 Å². The van der Waals surface area contributed by atoms with Crippen LogP contribution in [0.2, 0.25) is 0 Å². The second kappa shape index (κ2) is 22.7. The highest BCUT2D eigenvalue weighted by Gasteiger charge is 2.26. The van der Waals surface area contributed by atoms with Gasteiger partial charge in [-0.25, -0.2) is 0 Å². The van der Waals surface area contributed by atoms with Crippen molar-refractivity contribution in [2.24, 2.45) is 5.73 Å². The van der Waals surface area contributed by atoms with Gasteiger partial charge in [0.2, 0.25) is 23.6 Å². The number of esters is 1. The maximum absolute atomic E-state index is 13.1. The molecule has 0 aromatic heterocycles. The number of aromatic hydroxyl groups is 1. The van der Waals surface area contributed by atoms with Crippen molar-refractivity contribution in [2.45, 2.75) is 76.9 Å². The lowest BCUT2D eigenvalue weighted by atomic mass is 9.98. The summed E-state index contributed by atoms with van der Waals surface area (Å²) < 4.78 is 4.63. The van der Waals surface area contributed by atoms with Gasteiger partial charge in [0.1, 0.15) is 17.8 Å². The molecule has 7 N–H and O–H groups in total. The quantitative estimate of drug-likeness (QED) is 0.0886. The van der Waals surface area contributed by atoms with E-state index >= 15 is 0 Å². The van der Waals surface area contributed by atoms with Crippen LogP contribution in [-0.4, -0.2) is 85.0 Å². The summed E-state index contributed by atoms with van der Waals surface area (Å²) in [5.41, 5.74) is 9.12. The molecule has 12 nitrogen and oxygen atoms in total. The minimum Gasteiger partial charge on any atom is -0.507 e. The summed E-state index contributed by atoms with van der Waals surface area (Å²) in [6.45, 7) is 3.52. The van der Waals surface area contributed by atoms with Gasteiger partial charge in [-0.1, -0.05) is 48.9 Å². The molecule has 3 atom stereocenters. The van der Waals surface area contributed by atoms with Gasteiger partial charge in [-0.15, -0.1) is 12.4 Å². The van der Waals surface area contributed by atoms with Gasteiger partial charge in [0.25, 0.3) is 0 Å². The fraction of sp³-hybridized carbons (Fsp3) is 0.500. The number of carbonyl (C=O) groups is 5. The first kappa shape index (κ1) is 42.2. The largest absolute Gasteiger partial charge is 0.507 e. The second-order valence-corrected chi connectivity index (χ2v) is 12.4. The fourth-order valence-corrected chi connectivity index (χ4v) is 5.29. The third-order valence-corrected chi connectivity index (χ3v) is 8.35. The summed E-state index contributed by atoms with van der Waals surface area (Å²) in [6.07, 6.45) is 4.96. The SMILES string of the molecule is COC(=O)CCCCCNC(=O)[C@H](Cc1ccccc1)NC(=O)CNC(=O)[C@@H](CCSC)NC(=O)[C@@H](N)Cc1ccc(C)c(O)c1C.Cl. The Bertz CT molecular complexity index is 1350. The van der Waals surface area contributed by atoms with Crippen LogP contribution in [0.1, 0.15) is 54.4 Å². The number of phenolic OH excluding ortho intramolecular Hbond substituents is 1. The number of nitrogens with two attached hydrogens (primary N) is 1. The summed E-state index contributed by atoms with van der Waals surface area (Å²) in [4.78, 5) is 63.3. The van der Waals surface area contributed by atoms with Crippen molar-refractivity contribution in [1.82, 2.24) is 21.3 Å². The molecule has 48 heavy (non-hydrogen) atoms. The zero-order valence-corrected chi connectivity index (χ0v) is 29.8. The second-order valence-electron chi connectivity index (χ2n) is 11.4. The monoisotopic (exact) mass is 707 g/mol. The van der Waals surface area contributed by atoms with E-state index in [1.807, 2.05) is 42.7 Å². The Hall–Kier alpha value is -3.81. The van der Waals surface area contributed by atoms with Crippen LogP contribution in [0.5, 0.6) is 5.75 Å². The molecule has 0 heterocycles. The number of rotatable bonds is 20. The lowest BCUT2D eigenvalue weighted by molar-refractivity contribution is -0.140. The Morgan fingerprint density at radius 3 is 2.23 bits per heavy atom. The third kappa shape index (κ3) is 15.0. The van der Waals surface area contributed by atoms with Gasteiger partial charge in [0.15, 0.2) is 0 Å². The number of thioether (sulfide) groups is 1. The van der Waals surface area contributed by atoms with Crippen LogP contribution in [0.3, 0.4) is 0 Å². The van der Waals surface area contributed by atoms with Crippen LogP contribution in [0, 0.1) is 13.8 Å². The molecule has 0 aliphatic rings. The first-order chi connectivity index (χ1) is 22.5. The molecule has 4 amide bonds. The van der Waals surface area contributed by atoms with Crippen molar-refractivity contribution in [3.8, 4) is 5.75 Å². The molecule has 0 saturated heterocycles. The molecule has 266 valence electrons. The Morgan fingerprint density at radius 1 is 0.875 bits per heavy atom. The first-order valence-electron chi connectivity index (χ1n) is 15.7. The molecule has 0 spiro atoms. The van der Waals surface area contributed by atoms with E-state index in [1.165, 1.54) is 18.9 Å². The molecule has 0 saturated carbocycles. The number of hydrogen-bond acceptors (Lipinski definition) is 9. The van der Waals surface area contributed by atoms with Crippen LogP contribution >= 0.6 is 24.2 Å². The lowest BCUT2D eigenvalue weighted by Gasteiger charge is -2.22. The van der Waals surface area contributed by atoms with E-state index in [2.05, 4.69) is 26.0 Å². The van der Waals surface area contributed by atoms with Crippen molar-refractivity contribution < 1.29 is 33.8 Å².